The van der Waals surface area contributed by atoms with Crippen molar-refractivity contribution in [1.29, 1.82) is 0 Å². The number of benzene rings is 2. The van der Waals surface area contributed by atoms with Gasteiger partial charge in [-0.1, -0.05) is 38.1 Å². The van der Waals surface area contributed by atoms with Crippen molar-refractivity contribution in [2.75, 3.05) is 18.4 Å². The van der Waals surface area contributed by atoms with Crippen LogP contribution >= 0.6 is 0 Å². The summed E-state index contributed by atoms with van der Waals surface area (Å²) in [6, 6.07) is 11.8. The minimum Gasteiger partial charge on any atom is -0.322 e. The third kappa shape index (κ3) is 5.62. The number of anilines is 1. The van der Waals surface area contributed by atoms with Gasteiger partial charge >= 0.3 is 0 Å². The molecule has 2 aromatic carbocycles. The number of amides is 1. The summed E-state index contributed by atoms with van der Waals surface area (Å²) in [6.45, 7) is 7.98. The fourth-order valence-electron chi connectivity index (χ4n) is 2.99. The highest BCUT2D eigenvalue weighted by molar-refractivity contribution is 7.89. The number of hydrogen-bond acceptors (Lipinski definition) is 4. The molecule has 0 saturated carbocycles. The number of halogens is 1. The molecule has 158 valence electrons. The van der Waals surface area contributed by atoms with Gasteiger partial charge in [-0.2, -0.15) is 4.31 Å². The van der Waals surface area contributed by atoms with Crippen molar-refractivity contribution in [3.05, 3.63) is 59.9 Å². The van der Waals surface area contributed by atoms with E-state index in [0.717, 1.165) is 5.56 Å². The summed E-state index contributed by atoms with van der Waals surface area (Å²) < 4.78 is 40.2. The molecule has 0 aliphatic rings. The van der Waals surface area contributed by atoms with Crippen LogP contribution in [0.3, 0.4) is 0 Å². The normalized spacial score (nSPS) is 13.9. The van der Waals surface area contributed by atoms with Gasteiger partial charge < -0.3 is 5.32 Å². The quantitative estimate of drug-likeness (QED) is 0.649. The van der Waals surface area contributed by atoms with Gasteiger partial charge in [-0.15, -0.1) is 0 Å². The summed E-state index contributed by atoms with van der Waals surface area (Å²) in [5.41, 5.74) is 0.971. The summed E-state index contributed by atoms with van der Waals surface area (Å²) >= 11 is 0. The first kappa shape index (κ1) is 23.0. The van der Waals surface area contributed by atoms with Crippen LogP contribution in [0.4, 0.5) is 10.1 Å². The van der Waals surface area contributed by atoms with E-state index in [2.05, 4.69) is 10.6 Å². The Hall–Kier alpha value is -2.29. The van der Waals surface area contributed by atoms with Crippen molar-refractivity contribution in [1.82, 2.24) is 9.62 Å². The van der Waals surface area contributed by atoms with E-state index in [1.807, 2.05) is 6.92 Å². The number of hydrogen-bond donors (Lipinski definition) is 2. The molecule has 2 N–H and O–H groups in total. The van der Waals surface area contributed by atoms with Crippen LogP contribution < -0.4 is 10.6 Å². The van der Waals surface area contributed by atoms with Crippen LogP contribution in [0.15, 0.2) is 53.4 Å². The lowest BCUT2D eigenvalue weighted by atomic mass is 10.1. The first-order chi connectivity index (χ1) is 13.7. The Morgan fingerprint density at radius 1 is 1.03 bits per heavy atom. The molecule has 0 radical (unpaired) electrons. The number of para-hydroxylation sites is 1. The van der Waals surface area contributed by atoms with Crippen LogP contribution in [0.25, 0.3) is 0 Å². The third-order valence-electron chi connectivity index (χ3n) is 4.75. The van der Waals surface area contributed by atoms with Crippen LogP contribution in [0, 0.1) is 5.82 Å². The Bertz CT molecular complexity index is 928. The molecule has 2 rings (SSSR count). The van der Waals surface area contributed by atoms with Gasteiger partial charge in [0.15, 0.2) is 0 Å². The van der Waals surface area contributed by atoms with E-state index in [1.54, 1.807) is 57.2 Å². The van der Waals surface area contributed by atoms with E-state index in [1.165, 1.54) is 16.4 Å². The van der Waals surface area contributed by atoms with Gasteiger partial charge in [0.1, 0.15) is 5.82 Å². The minimum atomic E-state index is -3.51. The molecule has 0 saturated heterocycles. The first-order valence-electron chi connectivity index (χ1n) is 9.62. The van der Waals surface area contributed by atoms with Crippen LogP contribution in [-0.2, 0) is 14.8 Å². The standard InChI is InChI=1S/C21H28FN3O3S/c1-5-25(6-2)29(27,28)18-13-11-17(12-14-18)15(3)23-16(4)21(26)24-20-10-8-7-9-19(20)22/h7-16,23H,5-6H2,1-4H3,(H,24,26)/t15-,16+/m1/s1. The monoisotopic (exact) mass is 421 g/mol. The Labute approximate surface area is 172 Å². The number of carbonyl (C=O) groups is 1. The van der Waals surface area contributed by atoms with Gasteiger partial charge in [-0.3, -0.25) is 10.1 Å². The second-order valence-corrected chi connectivity index (χ2v) is 8.68. The highest BCUT2D eigenvalue weighted by atomic mass is 32.2. The maximum atomic E-state index is 13.7. The lowest BCUT2D eigenvalue weighted by Crippen LogP contribution is -2.39. The molecular weight excluding hydrogens is 393 g/mol. The van der Waals surface area contributed by atoms with E-state index in [4.69, 9.17) is 0 Å². The fraction of sp³-hybridized carbons (Fsp3) is 0.381. The highest BCUT2D eigenvalue weighted by Gasteiger charge is 2.22. The van der Waals surface area contributed by atoms with Crippen molar-refractivity contribution >= 4 is 21.6 Å². The molecular formula is C21H28FN3O3S. The molecule has 0 heterocycles. The van der Waals surface area contributed by atoms with Gasteiger partial charge in [-0.25, -0.2) is 12.8 Å². The summed E-state index contributed by atoms with van der Waals surface area (Å²) in [5.74, 6) is -0.853. The van der Waals surface area contributed by atoms with Crippen LogP contribution in [-0.4, -0.2) is 37.8 Å². The van der Waals surface area contributed by atoms with Crippen LogP contribution in [0.5, 0.6) is 0 Å². The largest absolute Gasteiger partial charge is 0.322 e. The molecule has 1 amide bonds. The molecule has 2 aromatic rings. The first-order valence-corrected chi connectivity index (χ1v) is 11.1. The Kier molecular flexibility index (Phi) is 7.89. The van der Waals surface area contributed by atoms with E-state index in [9.17, 15) is 17.6 Å². The third-order valence-corrected chi connectivity index (χ3v) is 6.81. The van der Waals surface area contributed by atoms with E-state index in [0.29, 0.717) is 13.1 Å². The highest BCUT2D eigenvalue weighted by Crippen LogP contribution is 2.20. The second kappa shape index (κ2) is 9.96. The zero-order valence-corrected chi connectivity index (χ0v) is 18.0. The average Bonchev–Trinajstić information content (AvgIpc) is 2.70. The average molecular weight is 422 g/mol. The summed E-state index contributed by atoms with van der Waals surface area (Å²) in [6.07, 6.45) is 0. The topological polar surface area (TPSA) is 78.5 Å². The van der Waals surface area contributed by atoms with Gasteiger partial charge in [0, 0.05) is 19.1 Å². The summed E-state index contributed by atoms with van der Waals surface area (Å²) in [7, 11) is -3.51. The smallest absolute Gasteiger partial charge is 0.243 e. The minimum absolute atomic E-state index is 0.129. The number of sulfonamides is 1. The van der Waals surface area contributed by atoms with Gasteiger partial charge in [-0.05, 0) is 43.7 Å². The molecule has 0 aliphatic carbocycles. The molecule has 29 heavy (non-hydrogen) atoms. The maximum Gasteiger partial charge on any atom is 0.243 e. The molecule has 0 unspecified atom stereocenters. The fourth-order valence-corrected chi connectivity index (χ4v) is 4.45. The molecule has 0 bridgehead atoms. The van der Waals surface area contributed by atoms with Crippen molar-refractivity contribution in [3.8, 4) is 0 Å². The molecule has 6 nitrogen and oxygen atoms in total. The van der Waals surface area contributed by atoms with Crippen molar-refractivity contribution in [2.24, 2.45) is 0 Å². The van der Waals surface area contributed by atoms with E-state index < -0.39 is 21.9 Å². The Morgan fingerprint density at radius 2 is 1.62 bits per heavy atom. The second-order valence-electron chi connectivity index (χ2n) is 6.74. The number of nitrogens with zero attached hydrogens (tertiary/aromatic N) is 1. The van der Waals surface area contributed by atoms with Gasteiger partial charge in [0.2, 0.25) is 15.9 Å². The Balaban J connectivity index is 2.04. The SMILES string of the molecule is CCN(CC)S(=O)(=O)c1ccc([C@@H](C)N[C@@H](C)C(=O)Nc2ccccc2F)cc1. The molecule has 0 spiro atoms. The summed E-state index contributed by atoms with van der Waals surface area (Å²) in [4.78, 5) is 12.6. The van der Waals surface area contributed by atoms with E-state index in [-0.39, 0.29) is 22.5 Å². The number of carbonyl (C=O) groups excluding carboxylic acids is 1. The number of nitrogens with one attached hydrogen (secondary N) is 2. The van der Waals surface area contributed by atoms with Crippen LogP contribution in [0.1, 0.15) is 39.3 Å². The Morgan fingerprint density at radius 3 is 2.17 bits per heavy atom. The van der Waals surface area contributed by atoms with Crippen molar-refractivity contribution in [2.45, 2.75) is 44.7 Å². The van der Waals surface area contributed by atoms with E-state index >= 15 is 0 Å². The molecule has 8 heteroatoms. The predicted molar refractivity (Wildman–Crippen MR) is 113 cm³/mol. The summed E-state index contributed by atoms with van der Waals surface area (Å²) in [5, 5.41) is 5.70. The number of rotatable bonds is 9. The zero-order chi connectivity index (χ0) is 21.6. The predicted octanol–water partition coefficient (Wildman–Crippen LogP) is 3.53. The lowest BCUT2D eigenvalue weighted by molar-refractivity contribution is -0.118. The molecule has 0 aromatic heterocycles. The van der Waals surface area contributed by atoms with Crippen LogP contribution in [0.2, 0.25) is 0 Å². The lowest BCUT2D eigenvalue weighted by Gasteiger charge is -2.21. The molecule has 0 fully saturated rings. The van der Waals surface area contributed by atoms with Crippen molar-refractivity contribution in [3.63, 3.8) is 0 Å². The maximum absolute atomic E-state index is 13.7. The van der Waals surface area contributed by atoms with Crippen molar-refractivity contribution < 1.29 is 17.6 Å². The molecule has 0 aliphatic heterocycles. The van der Waals surface area contributed by atoms with Gasteiger partial charge in [0.25, 0.3) is 0 Å². The van der Waals surface area contributed by atoms with Gasteiger partial charge in [0.05, 0.1) is 16.6 Å². The molecule has 2 atom stereocenters. The zero-order valence-electron chi connectivity index (χ0n) is 17.1.